The third-order valence-electron chi connectivity index (χ3n) is 9.49. The minimum atomic E-state index is -3.00. The number of rotatable bonds is 8. The summed E-state index contributed by atoms with van der Waals surface area (Å²) >= 11 is -3.00. The highest BCUT2D eigenvalue weighted by Crippen LogP contribution is 2.37. The molecule has 0 fully saturated rings. The van der Waals surface area contributed by atoms with Gasteiger partial charge in [-0.15, -0.1) is 0 Å². The molecule has 0 spiro atoms. The second-order valence-electron chi connectivity index (χ2n) is 13.0. The zero-order chi connectivity index (χ0) is 35.0. The van der Waals surface area contributed by atoms with Crippen molar-refractivity contribution in [1.82, 2.24) is 9.97 Å². The van der Waals surface area contributed by atoms with Crippen LogP contribution >= 0.6 is 0 Å². The van der Waals surface area contributed by atoms with Crippen LogP contribution in [0.15, 0.2) is 164 Å². The minimum absolute atomic E-state index is 0.620. The first-order valence-corrected chi connectivity index (χ1v) is 18.8. The third kappa shape index (κ3) is 6.09. The Morgan fingerprint density at radius 1 is 0.365 bits per heavy atom. The SMILES string of the molecule is Cc1ccc2cccc([O][Al]([O]c3cccc4c(-c5ccc(-c6cccc7ccccc67)cc5)cccc34)[O]c3cccc4ccc(C)nc34)c2n1. The quantitative estimate of drug-likeness (QED) is 0.149. The van der Waals surface area contributed by atoms with Gasteiger partial charge in [0.15, 0.2) is 0 Å². The maximum Gasteiger partial charge on any atom is 1.20 e. The monoisotopic (exact) mass is 688 g/mol. The van der Waals surface area contributed by atoms with Gasteiger partial charge in [-0.1, -0.05) is 133 Å². The number of hydrogen-bond acceptors (Lipinski definition) is 5. The van der Waals surface area contributed by atoms with Crippen LogP contribution in [0.4, 0.5) is 0 Å². The molecule has 2 aromatic heterocycles. The van der Waals surface area contributed by atoms with Crippen molar-refractivity contribution in [2.24, 2.45) is 0 Å². The highest BCUT2D eigenvalue weighted by atomic mass is 27.3. The first-order valence-electron chi connectivity index (χ1n) is 17.4. The molecule has 0 aliphatic rings. The van der Waals surface area contributed by atoms with Crippen molar-refractivity contribution in [3.63, 3.8) is 0 Å². The number of hydrogen-bond donors (Lipinski definition) is 0. The van der Waals surface area contributed by atoms with Crippen LogP contribution in [-0.4, -0.2) is 25.1 Å². The number of benzene rings is 7. The molecule has 52 heavy (non-hydrogen) atoms. The number of pyridine rings is 2. The van der Waals surface area contributed by atoms with E-state index in [0.717, 1.165) is 55.1 Å². The molecule has 9 aromatic rings. The van der Waals surface area contributed by atoms with E-state index in [1.54, 1.807) is 0 Å². The molecule has 0 amide bonds. The topological polar surface area (TPSA) is 53.5 Å². The molecule has 7 aromatic carbocycles. The lowest BCUT2D eigenvalue weighted by Gasteiger charge is -2.19. The maximum absolute atomic E-state index is 6.84. The molecule has 5 nitrogen and oxygen atoms in total. The molecule has 0 aliphatic heterocycles. The molecule has 0 saturated carbocycles. The average Bonchev–Trinajstić information content (AvgIpc) is 3.18. The normalized spacial score (nSPS) is 11.3. The van der Waals surface area contributed by atoms with Gasteiger partial charge in [0, 0.05) is 27.5 Å². The highest BCUT2D eigenvalue weighted by Gasteiger charge is 2.45. The highest BCUT2D eigenvalue weighted by molar-refractivity contribution is 6.40. The van der Waals surface area contributed by atoms with Gasteiger partial charge >= 0.3 is 15.1 Å². The van der Waals surface area contributed by atoms with Crippen LogP contribution in [0.3, 0.4) is 0 Å². The molecule has 2 heterocycles. The second kappa shape index (κ2) is 13.5. The molecular weight excluding hydrogens is 655 g/mol. The molecule has 0 bridgehead atoms. The summed E-state index contributed by atoms with van der Waals surface area (Å²) in [5.41, 5.74) is 8.01. The van der Waals surface area contributed by atoms with Crippen molar-refractivity contribution in [2.45, 2.75) is 13.8 Å². The summed E-state index contributed by atoms with van der Waals surface area (Å²) in [6, 6.07) is 56.3. The molecule has 0 saturated heterocycles. The van der Waals surface area contributed by atoms with Crippen LogP contribution in [0, 0.1) is 13.8 Å². The van der Waals surface area contributed by atoms with E-state index < -0.39 is 15.1 Å². The van der Waals surface area contributed by atoms with Gasteiger partial charge in [-0.2, -0.15) is 0 Å². The van der Waals surface area contributed by atoms with Gasteiger partial charge in [0.1, 0.15) is 22.5 Å². The summed E-state index contributed by atoms with van der Waals surface area (Å²) in [5, 5.41) is 6.51. The predicted octanol–water partition coefficient (Wildman–Crippen LogP) is 11.6. The van der Waals surface area contributed by atoms with Crippen LogP contribution in [-0.2, 0) is 0 Å². The zero-order valence-electron chi connectivity index (χ0n) is 28.8. The van der Waals surface area contributed by atoms with Gasteiger partial charge in [-0.05, 0) is 82.6 Å². The molecule has 0 aliphatic carbocycles. The number of nitrogens with zero attached hydrogens (tertiary/aromatic N) is 2. The predicted molar refractivity (Wildman–Crippen MR) is 213 cm³/mol. The van der Waals surface area contributed by atoms with Crippen molar-refractivity contribution in [2.75, 3.05) is 0 Å². The largest absolute Gasteiger partial charge is 1.20 e. The lowest BCUT2D eigenvalue weighted by Crippen LogP contribution is -2.37. The molecule has 0 radical (unpaired) electrons. The van der Waals surface area contributed by atoms with E-state index in [0.29, 0.717) is 17.2 Å². The van der Waals surface area contributed by atoms with Gasteiger partial charge in [0.2, 0.25) is 0 Å². The average molecular weight is 689 g/mol. The van der Waals surface area contributed by atoms with Crippen molar-refractivity contribution in [3.8, 4) is 39.5 Å². The standard InChI is InChI=1S/C26H18O.2C10H9NO.Al/c27-26-13-5-11-24-23(10-4-12-25(24)26)20-16-14-19(15-17-20)22-9-3-7-18-6-1-2-8-21(18)22;2*1-7-5-6-8-3-2-4-9(12)10(8)11-7;/h1-17,27H;2*2-6,12H,1H3;/q;;;+3/p-3. The first-order chi connectivity index (χ1) is 25.6. The fourth-order valence-corrected chi connectivity index (χ4v) is 8.30. The molecule has 9 rings (SSSR count). The van der Waals surface area contributed by atoms with Gasteiger partial charge in [-0.25, -0.2) is 9.97 Å². The molecular formula is C46H33AlN2O3. The molecule has 0 unspecified atom stereocenters. The molecule has 6 heteroatoms. The summed E-state index contributed by atoms with van der Waals surface area (Å²) in [6.07, 6.45) is 0. The zero-order valence-corrected chi connectivity index (χ0v) is 29.9. The summed E-state index contributed by atoms with van der Waals surface area (Å²) in [4.78, 5) is 9.63. The molecule has 0 atom stereocenters. The van der Waals surface area contributed by atoms with E-state index in [1.807, 2.05) is 74.5 Å². The van der Waals surface area contributed by atoms with E-state index in [9.17, 15) is 0 Å². The number of aryl methyl sites for hydroxylation is 2. The Labute approximate surface area is 307 Å². The Kier molecular flexibility index (Phi) is 8.25. The minimum Gasteiger partial charge on any atom is -0.577 e. The smallest absolute Gasteiger partial charge is 0.577 e. The van der Waals surface area contributed by atoms with Crippen LogP contribution in [0.5, 0.6) is 17.2 Å². The van der Waals surface area contributed by atoms with Crippen LogP contribution in [0.1, 0.15) is 11.4 Å². The van der Waals surface area contributed by atoms with E-state index in [4.69, 9.17) is 21.3 Å². The number of aromatic nitrogens is 2. The number of para-hydroxylation sites is 2. The third-order valence-corrected chi connectivity index (χ3v) is 10.8. The summed E-state index contributed by atoms with van der Waals surface area (Å²) in [5.74, 6) is 1.93. The fraction of sp³-hybridized carbons (Fsp3) is 0.0435. The van der Waals surface area contributed by atoms with E-state index in [1.165, 1.54) is 21.9 Å². The summed E-state index contributed by atoms with van der Waals surface area (Å²) < 4.78 is 20.3. The van der Waals surface area contributed by atoms with Crippen LogP contribution < -0.4 is 11.4 Å². The Morgan fingerprint density at radius 2 is 0.808 bits per heavy atom. The summed E-state index contributed by atoms with van der Waals surface area (Å²) in [7, 11) is 0. The lowest BCUT2D eigenvalue weighted by molar-refractivity contribution is 0.311. The molecule has 0 N–H and O–H groups in total. The fourth-order valence-electron chi connectivity index (χ4n) is 6.95. The first kappa shape index (κ1) is 31.8. The maximum atomic E-state index is 6.84. The van der Waals surface area contributed by atoms with Gasteiger partial charge in [-0.3, -0.25) is 0 Å². The Bertz CT molecular complexity index is 2670. The van der Waals surface area contributed by atoms with Crippen molar-refractivity contribution >= 4 is 58.5 Å². The van der Waals surface area contributed by atoms with Crippen LogP contribution in [0.2, 0.25) is 0 Å². The van der Waals surface area contributed by atoms with Gasteiger partial charge in [0.05, 0.1) is 5.75 Å². The van der Waals surface area contributed by atoms with E-state index >= 15 is 0 Å². The molecule has 248 valence electrons. The Hall–Kier alpha value is -6.19. The lowest BCUT2D eigenvalue weighted by atomic mass is 9.94. The summed E-state index contributed by atoms with van der Waals surface area (Å²) in [6.45, 7) is 3.96. The van der Waals surface area contributed by atoms with Crippen molar-refractivity contribution in [1.29, 1.82) is 0 Å². The van der Waals surface area contributed by atoms with E-state index in [-0.39, 0.29) is 0 Å². The van der Waals surface area contributed by atoms with Gasteiger partial charge < -0.3 is 11.4 Å². The van der Waals surface area contributed by atoms with Gasteiger partial charge in [0.25, 0.3) is 0 Å². The van der Waals surface area contributed by atoms with E-state index in [2.05, 4.69) is 103 Å². The van der Waals surface area contributed by atoms with Crippen molar-refractivity contribution in [3.05, 3.63) is 175 Å². The Morgan fingerprint density at radius 3 is 1.46 bits per heavy atom. The number of fused-ring (bicyclic) bond motifs is 4. The van der Waals surface area contributed by atoms with Crippen molar-refractivity contribution < 1.29 is 11.4 Å². The van der Waals surface area contributed by atoms with Crippen LogP contribution in [0.25, 0.3) is 65.6 Å². The Balaban J connectivity index is 1.10. The second-order valence-corrected chi connectivity index (χ2v) is 14.2.